The molecule has 0 atom stereocenters. The zero-order valence-electron chi connectivity index (χ0n) is 9.92. The van der Waals surface area contributed by atoms with Crippen molar-refractivity contribution in [1.29, 1.82) is 5.26 Å². The third-order valence-corrected chi connectivity index (χ3v) is 3.09. The Labute approximate surface area is 110 Å². The summed E-state index contributed by atoms with van der Waals surface area (Å²) in [4.78, 5) is 11.4. The topological polar surface area (TPSA) is 50.1 Å². The second-order valence-electron chi connectivity index (χ2n) is 3.55. The molecule has 0 fully saturated rings. The van der Waals surface area contributed by atoms with Crippen LogP contribution in [0.1, 0.15) is 30.5 Å². The number of ether oxygens (including phenoxy) is 1. The van der Waals surface area contributed by atoms with Crippen LogP contribution in [0.2, 0.25) is 0 Å². The van der Waals surface area contributed by atoms with Gasteiger partial charge in [-0.3, -0.25) is 4.79 Å². The minimum Gasteiger partial charge on any atom is -0.466 e. The number of carbonyl (C=O) groups excluding carboxylic acids is 1. The van der Waals surface area contributed by atoms with Gasteiger partial charge in [-0.15, -0.1) is 0 Å². The van der Waals surface area contributed by atoms with E-state index in [-0.39, 0.29) is 12.4 Å². The maximum atomic E-state index is 11.4. The molecule has 1 rings (SSSR count). The van der Waals surface area contributed by atoms with E-state index in [4.69, 9.17) is 10.00 Å². The van der Waals surface area contributed by atoms with Gasteiger partial charge in [0.2, 0.25) is 0 Å². The summed E-state index contributed by atoms with van der Waals surface area (Å²) in [5.41, 5.74) is 2.52. The van der Waals surface area contributed by atoms with Gasteiger partial charge in [0.25, 0.3) is 0 Å². The van der Waals surface area contributed by atoms with Crippen molar-refractivity contribution in [2.45, 2.75) is 26.7 Å². The van der Waals surface area contributed by atoms with Crippen molar-refractivity contribution in [2.75, 3.05) is 6.61 Å². The van der Waals surface area contributed by atoms with Gasteiger partial charge in [-0.2, -0.15) is 5.26 Å². The Bertz CT molecular complexity index is 463. The van der Waals surface area contributed by atoms with Crippen molar-refractivity contribution in [3.05, 3.63) is 33.3 Å². The Hall–Kier alpha value is -1.34. The van der Waals surface area contributed by atoms with E-state index in [1.165, 1.54) is 0 Å². The molecule has 0 aliphatic heterocycles. The molecule has 90 valence electrons. The van der Waals surface area contributed by atoms with Crippen molar-refractivity contribution in [2.24, 2.45) is 0 Å². The Balaban J connectivity index is 3.03. The van der Waals surface area contributed by atoms with Crippen molar-refractivity contribution in [1.82, 2.24) is 0 Å². The Morgan fingerprint density at radius 3 is 2.65 bits per heavy atom. The third kappa shape index (κ3) is 3.57. The number of hydrogen-bond donors (Lipinski definition) is 0. The summed E-state index contributed by atoms with van der Waals surface area (Å²) in [6.07, 6.45) is 1.04. The van der Waals surface area contributed by atoms with Gasteiger partial charge >= 0.3 is 5.97 Å². The Morgan fingerprint density at radius 2 is 2.12 bits per heavy atom. The van der Waals surface area contributed by atoms with Crippen molar-refractivity contribution < 1.29 is 9.53 Å². The molecule has 0 saturated heterocycles. The number of nitriles is 1. The summed E-state index contributed by atoms with van der Waals surface area (Å²) >= 11 is 3.32. The van der Waals surface area contributed by atoms with Gasteiger partial charge in [-0.1, -0.05) is 6.92 Å². The van der Waals surface area contributed by atoms with Gasteiger partial charge in [0.15, 0.2) is 0 Å². The van der Waals surface area contributed by atoms with Crippen LogP contribution in [0.5, 0.6) is 0 Å². The molecule has 0 spiro atoms. The molecule has 0 N–H and O–H groups in total. The first-order valence-corrected chi connectivity index (χ1v) is 6.28. The fourth-order valence-electron chi connectivity index (χ4n) is 1.61. The molecule has 0 unspecified atom stereocenters. The van der Waals surface area contributed by atoms with Gasteiger partial charge < -0.3 is 4.74 Å². The maximum Gasteiger partial charge on any atom is 0.310 e. The normalized spacial score (nSPS) is 9.76. The zero-order valence-corrected chi connectivity index (χ0v) is 11.5. The predicted octanol–water partition coefficient (Wildman–Crippen LogP) is 2.99. The lowest BCUT2D eigenvalue weighted by atomic mass is 10.00. The number of benzene rings is 1. The number of rotatable bonds is 4. The van der Waals surface area contributed by atoms with E-state index in [1.807, 2.05) is 19.1 Å². The van der Waals surface area contributed by atoms with E-state index in [9.17, 15) is 4.79 Å². The van der Waals surface area contributed by atoms with Crippen LogP contribution in [0.4, 0.5) is 0 Å². The number of aryl methyl sites for hydroxylation is 1. The average Bonchev–Trinajstić information content (AvgIpc) is 2.29. The molecule has 0 radical (unpaired) electrons. The highest BCUT2D eigenvalue weighted by Gasteiger charge is 2.11. The lowest BCUT2D eigenvalue weighted by Crippen LogP contribution is -2.09. The van der Waals surface area contributed by atoms with E-state index < -0.39 is 0 Å². The molecule has 3 nitrogen and oxygen atoms in total. The fourth-order valence-corrected chi connectivity index (χ4v) is 2.09. The lowest BCUT2D eigenvalue weighted by Gasteiger charge is -2.09. The minimum absolute atomic E-state index is 0.237. The van der Waals surface area contributed by atoms with Crippen LogP contribution < -0.4 is 0 Å². The van der Waals surface area contributed by atoms with Crippen molar-refractivity contribution >= 4 is 21.9 Å². The molecule has 1 aromatic rings. The standard InChI is InChI=1S/C13H14BrNO2/c1-3-9-5-11(8-15)12(14)6-10(9)7-13(16)17-4-2/h5-6H,3-4,7H2,1-2H3. The smallest absolute Gasteiger partial charge is 0.310 e. The highest BCUT2D eigenvalue weighted by Crippen LogP contribution is 2.22. The molecule has 4 heteroatoms. The first-order chi connectivity index (χ1) is 8.12. The van der Waals surface area contributed by atoms with Crippen molar-refractivity contribution in [3.63, 3.8) is 0 Å². The van der Waals surface area contributed by atoms with Gasteiger partial charge in [0.05, 0.1) is 18.6 Å². The number of halogens is 1. The van der Waals surface area contributed by atoms with Crippen LogP contribution in [0.25, 0.3) is 0 Å². The van der Waals surface area contributed by atoms with Gasteiger partial charge in [0, 0.05) is 4.47 Å². The van der Waals surface area contributed by atoms with Crippen molar-refractivity contribution in [3.8, 4) is 6.07 Å². The summed E-state index contributed by atoms with van der Waals surface area (Å²) in [6.45, 7) is 4.17. The number of hydrogen-bond acceptors (Lipinski definition) is 3. The highest BCUT2D eigenvalue weighted by molar-refractivity contribution is 9.10. The highest BCUT2D eigenvalue weighted by atomic mass is 79.9. The molecule has 0 heterocycles. The molecular weight excluding hydrogens is 282 g/mol. The van der Waals surface area contributed by atoms with Crippen LogP contribution in [-0.2, 0) is 22.4 Å². The summed E-state index contributed by atoms with van der Waals surface area (Å²) < 4.78 is 5.64. The summed E-state index contributed by atoms with van der Waals surface area (Å²) in [7, 11) is 0. The monoisotopic (exact) mass is 295 g/mol. The average molecular weight is 296 g/mol. The number of nitrogens with zero attached hydrogens (tertiary/aromatic N) is 1. The molecule has 17 heavy (non-hydrogen) atoms. The second-order valence-corrected chi connectivity index (χ2v) is 4.40. The predicted molar refractivity (Wildman–Crippen MR) is 68.6 cm³/mol. The van der Waals surface area contributed by atoms with Gasteiger partial charge in [0.1, 0.15) is 6.07 Å². The molecule has 0 bridgehead atoms. The largest absolute Gasteiger partial charge is 0.466 e. The summed E-state index contributed by atoms with van der Waals surface area (Å²) in [5, 5.41) is 8.92. The molecule has 0 saturated carbocycles. The SMILES string of the molecule is CCOC(=O)Cc1cc(Br)c(C#N)cc1CC. The number of esters is 1. The van der Waals surface area contributed by atoms with Crippen LogP contribution in [0.15, 0.2) is 16.6 Å². The first-order valence-electron chi connectivity index (χ1n) is 5.49. The molecule has 1 aromatic carbocycles. The molecule has 0 amide bonds. The van der Waals surface area contributed by atoms with Crippen LogP contribution in [0, 0.1) is 11.3 Å². The Morgan fingerprint density at radius 1 is 1.41 bits per heavy atom. The minimum atomic E-state index is -0.237. The lowest BCUT2D eigenvalue weighted by molar-refractivity contribution is -0.142. The number of carbonyl (C=O) groups is 1. The van der Waals surface area contributed by atoms with E-state index in [0.29, 0.717) is 12.2 Å². The molecule has 0 aliphatic carbocycles. The molecule has 0 aliphatic rings. The van der Waals surface area contributed by atoms with E-state index in [0.717, 1.165) is 22.0 Å². The molecular formula is C13H14BrNO2. The zero-order chi connectivity index (χ0) is 12.8. The summed E-state index contributed by atoms with van der Waals surface area (Å²) in [6, 6.07) is 5.76. The van der Waals surface area contributed by atoms with E-state index in [2.05, 4.69) is 22.0 Å². The van der Waals surface area contributed by atoms with Gasteiger partial charge in [-0.25, -0.2) is 0 Å². The third-order valence-electron chi connectivity index (χ3n) is 2.43. The maximum absolute atomic E-state index is 11.4. The fraction of sp³-hybridized carbons (Fsp3) is 0.385. The summed E-state index contributed by atoms with van der Waals surface area (Å²) in [5.74, 6) is -0.237. The second kappa shape index (κ2) is 6.41. The van der Waals surface area contributed by atoms with Crippen LogP contribution >= 0.6 is 15.9 Å². The van der Waals surface area contributed by atoms with E-state index >= 15 is 0 Å². The quantitative estimate of drug-likeness (QED) is 0.803. The van der Waals surface area contributed by atoms with E-state index in [1.54, 1.807) is 6.92 Å². The molecule has 0 aromatic heterocycles. The van der Waals surface area contributed by atoms with Gasteiger partial charge in [-0.05, 0) is 52.5 Å². The first kappa shape index (κ1) is 13.7. The Kier molecular flexibility index (Phi) is 5.17. The van der Waals surface area contributed by atoms with Crippen LogP contribution in [0.3, 0.4) is 0 Å². The van der Waals surface area contributed by atoms with Crippen LogP contribution in [-0.4, -0.2) is 12.6 Å².